The number of hydrogen-bond donors (Lipinski definition) is 1. The van der Waals surface area contributed by atoms with Gasteiger partial charge in [0.25, 0.3) is 5.91 Å². The fourth-order valence-electron chi connectivity index (χ4n) is 1.99. The van der Waals surface area contributed by atoms with Gasteiger partial charge in [0.2, 0.25) is 0 Å². The summed E-state index contributed by atoms with van der Waals surface area (Å²) in [5, 5.41) is 3.94. The molecular formula is C18H19BrN2O4. The molecule has 0 spiro atoms. The SMILES string of the molecule is CCOc1ccc(Br)cc1C=NNC(=O)COc1ccccc1OC. The van der Waals surface area contributed by atoms with Gasteiger partial charge < -0.3 is 14.2 Å². The lowest BCUT2D eigenvalue weighted by Gasteiger charge is -2.09. The van der Waals surface area contributed by atoms with Crippen LogP contribution in [0, 0.1) is 0 Å². The molecular weight excluding hydrogens is 388 g/mol. The lowest BCUT2D eigenvalue weighted by Crippen LogP contribution is -2.24. The number of nitrogens with zero attached hydrogens (tertiary/aromatic N) is 1. The van der Waals surface area contributed by atoms with Crippen molar-refractivity contribution >= 4 is 28.1 Å². The topological polar surface area (TPSA) is 69.2 Å². The van der Waals surface area contributed by atoms with Gasteiger partial charge in [-0.15, -0.1) is 0 Å². The number of benzene rings is 2. The van der Waals surface area contributed by atoms with Crippen LogP contribution in [0.3, 0.4) is 0 Å². The summed E-state index contributed by atoms with van der Waals surface area (Å²) < 4.78 is 17.0. The molecule has 25 heavy (non-hydrogen) atoms. The van der Waals surface area contributed by atoms with Crippen molar-refractivity contribution in [1.82, 2.24) is 5.43 Å². The fourth-order valence-corrected chi connectivity index (χ4v) is 2.37. The Morgan fingerprint density at radius 1 is 1.16 bits per heavy atom. The summed E-state index contributed by atoms with van der Waals surface area (Å²) in [6.07, 6.45) is 1.52. The summed E-state index contributed by atoms with van der Waals surface area (Å²) in [6, 6.07) is 12.7. The van der Waals surface area contributed by atoms with Crippen molar-refractivity contribution in [2.75, 3.05) is 20.3 Å². The Kier molecular flexibility index (Phi) is 7.28. The Labute approximate surface area is 154 Å². The minimum absolute atomic E-state index is 0.172. The van der Waals surface area contributed by atoms with Gasteiger partial charge in [-0.2, -0.15) is 5.10 Å². The van der Waals surface area contributed by atoms with Gasteiger partial charge in [0.05, 0.1) is 19.9 Å². The summed E-state index contributed by atoms with van der Waals surface area (Å²) in [5.74, 6) is 1.37. The molecule has 0 saturated heterocycles. The summed E-state index contributed by atoms with van der Waals surface area (Å²) in [5.41, 5.74) is 3.17. The minimum Gasteiger partial charge on any atom is -0.493 e. The second kappa shape index (κ2) is 9.68. The van der Waals surface area contributed by atoms with Crippen LogP contribution in [-0.4, -0.2) is 32.4 Å². The molecule has 0 heterocycles. The van der Waals surface area contributed by atoms with E-state index in [9.17, 15) is 4.79 Å². The van der Waals surface area contributed by atoms with Crippen molar-refractivity contribution in [1.29, 1.82) is 0 Å². The maximum Gasteiger partial charge on any atom is 0.277 e. The van der Waals surface area contributed by atoms with E-state index in [0.717, 1.165) is 10.0 Å². The summed E-state index contributed by atoms with van der Waals surface area (Å²) in [7, 11) is 1.54. The number of para-hydroxylation sites is 2. The van der Waals surface area contributed by atoms with Gasteiger partial charge in [0, 0.05) is 10.0 Å². The molecule has 0 bridgehead atoms. The van der Waals surface area contributed by atoms with Crippen LogP contribution in [0.25, 0.3) is 0 Å². The monoisotopic (exact) mass is 406 g/mol. The third-order valence-corrected chi connectivity index (χ3v) is 3.59. The number of methoxy groups -OCH3 is 1. The van der Waals surface area contributed by atoms with Crippen LogP contribution >= 0.6 is 15.9 Å². The van der Waals surface area contributed by atoms with E-state index >= 15 is 0 Å². The van der Waals surface area contributed by atoms with Gasteiger partial charge in [-0.1, -0.05) is 28.1 Å². The van der Waals surface area contributed by atoms with E-state index in [0.29, 0.717) is 23.9 Å². The molecule has 2 rings (SSSR count). The Bertz CT molecular complexity index is 750. The first-order valence-electron chi connectivity index (χ1n) is 7.64. The first-order chi connectivity index (χ1) is 12.1. The number of carbonyl (C=O) groups is 1. The van der Waals surface area contributed by atoms with Gasteiger partial charge in [-0.3, -0.25) is 4.79 Å². The average molecular weight is 407 g/mol. The lowest BCUT2D eigenvalue weighted by molar-refractivity contribution is -0.123. The zero-order valence-electron chi connectivity index (χ0n) is 14.0. The van der Waals surface area contributed by atoms with Crippen molar-refractivity contribution in [3.63, 3.8) is 0 Å². The number of nitrogens with one attached hydrogen (secondary N) is 1. The zero-order chi connectivity index (χ0) is 18.1. The van der Waals surface area contributed by atoms with Gasteiger partial charge in [-0.05, 0) is 37.3 Å². The molecule has 1 amide bonds. The zero-order valence-corrected chi connectivity index (χ0v) is 15.6. The number of halogens is 1. The largest absolute Gasteiger partial charge is 0.493 e. The van der Waals surface area contributed by atoms with E-state index in [1.165, 1.54) is 6.21 Å². The molecule has 2 aromatic rings. The van der Waals surface area contributed by atoms with Crippen molar-refractivity contribution in [2.45, 2.75) is 6.92 Å². The molecule has 6 nitrogen and oxygen atoms in total. The Morgan fingerprint density at radius 2 is 1.92 bits per heavy atom. The highest BCUT2D eigenvalue weighted by molar-refractivity contribution is 9.10. The second-order valence-corrected chi connectivity index (χ2v) is 5.76. The number of ether oxygens (including phenoxy) is 3. The molecule has 0 aliphatic carbocycles. The highest BCUT2D eigenvalue weighted by Gasteiger charge is 2.06. The van der Waals surface area contributed by atoms with E-state index in [4.69, 9.17) is 14.2 Å². The molecule has 1 N–H and O–H groups in total. The van der Waals surface area contributed by atoms with Crippen molar-refractivity contribution in [3.05, 3.63) is 52.5 Å². The van der Waals surface area contributed by atoms with Crippen molar-refractivity contribution in [2.24, 2.45) is 5.10 Å². The predicted molar refractivity (Wildman–Crippen MR) is 99.5 cm³/mol. The molecule has 0 atom stereocenters. The maximum atomic E-state index is 11.9. The molecule has 132 valence electrons. The van der Waals surface area contributed by atoms with E-state index < -0.39 is 0 Å². The molecule has 0 unspecified atom stereocenters. The third kappa shape index (κ3) is 5.79. The van der Waals surface area contributed by atoms with E-state index in [1.807, 2.05) is 31.2 Å². The summed E-state index contributed by atoms with van der Waals surface area (Å²) >= 11 is 3.40. The van der Waals surface area contributed by atoms with E-state index in [1.54, 1.807) is 25.3 Å². The van der Waals surface area contributed by atoms with Gasteiger partial charge in [-0.25, -0.2) is 5.43 Å². The molecule has 0 saturated carbocycles. The van der Waals surface area contributed by atoms with Crippen LogP contribution in [-0.2, 0) is 4.79 Å². The third-order valence-electron chi connectivity index (χ3n) is 3.09. The first-order valence-corrected chi connectivity index (χ1v) is 8.43. The highest BCUT2D eigenvalue weighted by Crippen LogP contribution is 2.25. The second-order valence-electron chi connectivity index (χ2n) is 4.85. The van der Waals surface area contributed by atoms with Crippen molar-refractivity contribution in [3.8, 4) is 17.2 Å². The predicted octanol–water partition coefficient (Wildman–Crippen LogP) is 3.39. The molecule has 0 aromatic heterocycles. The standard InChI is InChI=1S/C18H19BrN2O4/c1-3-24-15-9-8-14(19)10-13(15)11-20-21-18(22)12-25-17-7-5-4-6-16(17)23-2/h4-11H,3,12H2,1-2H3,(H,21,22). The summed E-state index contributed by atoms with van der Waals surface area (Å²) in [6.45, 7) is 2.27. The van der Waals surface area contributed by atoms with Crippen LogP contribution in [0.4, 0.5) is 0 Å². The van der Waals surface area contributed by atoms with Gasteiger partial charge in [0.1, 0.15) is 5.75 Å². The van der Waals surface area contributed by atoms with Crippen LogP contribution in [0.2, 0.25) is 0 Å². The van der Waals surface area contributed by atoms with E-state index in [2.05, 4.69) is 26.5 Å². The molecule has 0 radical (unpaired) electrons. The average Bonchev–Trinajstić information content (AvgIpc) is 2.62. The number of hydrazone groups is 1. The quantitative estimate of drug-likeness (QED) is 0.538. The molecule has 2 aromatic carbocycles. The first kappa shape index (κ1) is 18.8. The molecule has 7 heteroatoms. The Balaban J connectivity index is 1.91. The fraction of sp³-hybridized carbons (Fsp3) is 0.222. The van der Waals surface area contributed by atoms with E-state index in [-0.39, 0.29) is 12.5 Å². The van der Waals surface area contributed by atoms with Crippen molar-refractivity contribution < 1.29 is 19.0 Å². The number of carbonyl (C=O) groups excluding carboxylic acids is 1. The minimum atomic E-state index is -0.380. The molecule has 0 aliphatic rings. The van der Waals surface area contributed by atoms with Gasteiger partial charge >= 0.3 is 0 Å². The number of amides is 1. The normalized spacial score (nSPS) is 10.5. The highest BCUT2D eigenvalue weighted by atomic mass is 79.9. The van der Waals surface area contributed by atoms with Crippen LogP contribution in [0.1, 0.15) is 12.5 Å². The molecule has 0 aliphatic heterocycles. The van der Waals surface area contributed by atoms with Crippen LogP contribution in [0.5, 0.6) is 17.2 Å². The molecule has 0 fully saturated rings. The Morgan fingerprint density at radius 3 is 2.64 bits per heavy atom. The smallest absolute Gasteiger partial charge is 0.277 e. The maximum absolute atomic E-state index is 11.9. The van der Waals surface area contributed by atoms with Crippen LogP contribution < -0.4 is 19.6 Å². The Hall–Kier alpha value is -2.54. The number of hydrogen-bond acceptors (Lipinski definition) is 5. The van der Waals surface area contributed by atoms with Gasteiger partial charge in [0.15, 0.2) is 18.1 Å². The lowest BCUT2D eigenvalue weighted by atomic mass is 10.2. The number of rotatable bonds is 8. The summed E-state index contributed by atoms with van der Waals surface area (Å²) in [4.78, 5) is 11.9. The van der Waals surface area contributed by atoms with Crippen LogP contribution in [0.15, 0.2) is 52.0 Å².